The Morgan fingerprint density at radius 1 is 1.00 bits per heavy atom. The van der Waals surface area contributed by atoms with Crippen molar-refractivity contribution in [1.82, 2.24) is 5.32 Å². The number of hydrogen-bond donors (Lipinski definition) is 2. The third kappa shape index (κ3) is 2.38. The van der Waals surface area contributed by atoms with E-state index in [4.69, 9.17) is 5.73 Å². The second-order valence-electron chi connectivity index (χ2n) is 5.62. The van der Waals surface area contributed by atoms with Crippen LogP contribution in [0.2, 0.25) is 0 Å². The zero-order valence-corrected chi connectivity index (χ0v) is 10.4. The molecule has 0 aromatic heterocycles. The lowest BCUT2D eigenvalue weighted by atomic mass is 9.75. The minimum Gasteiger partial charge on any atom is -0.328 e. The molecule has 1 saturated carbocycles. The summed E-state index contributed by atoms with van der Waals surface area (Å²) in [5, 5.41) is 3.43. The van der Waals surface area contributed by atoms with Crippen molar-refractivity contribution in [3.05, 3.63) is 35.4 Å². The summed E-state index contributed by atoms with van der Waals surface area (Å²) in [6.07, 6.45) is 4.92. The normalized spacial score (nSPS) is 29.9. The highest BCUT2D eigenvalue weighted by Crippen LogP contribution is 2.37. The fourth-order valence-corrected chi connectivity index (χ4v) is 3.16. The van der Waals surface area contributed by atoms with Gasteiger partial charge in [-0.15, -0.1) is 0 Å². The van der Waals surface area contributed by atoms with E-state index in [0.717, 1.165) is 11.8 Å². The first-order chi connectivity index (χ1) is 8.33. The van der Waals surface area contributed by atoms with Gasteiger partial charge in [-0.2, -0.15) is 0 Å². The van der Waals surface area contributed by atoms with E-state index < -0.39 is 0 Å². The molecule has 2 heteroatoms. The first kappa shape index (κ1) is 11.2. The predicted molar refractivity (Wildman–Crippen MR) is 71.2 cm³/mol. The van der Waals surface area contributed by atoms with Crippen molar-refractivity contribution in [2.45, 2.75) is 43.6 Å². The molecule has 0 spiro atoms. The van der Waals surface area contributed by atoms with Crippen molar-refractivity contribution in [1.29, 1.82) is 0 Å². The molecule has 1 aliphatic carbocycles. The van der Waals surface area contributed by atoms with Crippen LogP contribution in [0.25, 0.3) is 0 Å². The van der Waals surface area contributed by atoms with Gasteiger partial charge in [0.25, 0.3) is 0 Å². The number of nitrogens with two attached hydrogens (primary N) is 1. The summed E-state index contributed by atoms with van der Waals surface area (Å²) >= 11 is 0. The molecule has 0 bridgehead atoms. The highest BCUT2D eigenvalue weighted by Gasteiger charge is 2.27. The van der Waals surface area contributed by atoms with E-state index in [1.165, 1.54) is 44.3 Å². The van der Waals surface area contributed by atoms with Gasteiger partial charge in [-0.05, 0) is 61.7 Å². The number of hydrogen-bond acceptors (Lipinski definition) is 2. The lowest BCUT2D eigenvalue weighted by Gasteiger charge is -2.33. The molecule has 1 saturated heterocycles. The Kier molecular flexibility index (Phi) is 3.17. The van der Waals surface area contributed by atoms with Gasteiger partial charge in [0.2, 0.25) is 0 Å². The molecule has 0 amide bonds. The molecule has 1 aromatic carbocycles. The largest absolute Gasteiger partial charge is 0.328 e. The Bertz CT molecular complexity index is 376. The highest BCUT2D eigenvalue weighted by molar-refractivity contribution is 5.31. The Balaban J connectivity index is 1.74. The van der Waals surface area contributed by atoms with Crippen molar-refractivity contribution < 1.29 is 0 Å². The van der Waals surface area contributed by atoms with Gasteiger partial charge in [0.05, 0.1) is 0 Å². The molecule has 3 rings (SSSR count). The predicted octanol–water partition coefficient (Wildman–Crippen LogP) is 2.36. The van der Waals surface area contributed by atoms with E-state index in [2.05, 4.69) is 29.6 Å². The maximum absolute atomic E-state index is 5.88. The van der Waals surface area contributed by atoms with E-state index >= 15 is 0 Å². The molecule has 17 heavy (non-hydrogen) atoms. The van der Waals surface area contributed by atoms with Crippen molar-refractivity contribution in [2.75, 3.05) is 13.1 Å². The third-order valence-corrected chi connectivity index (χ3v) is 4.37. The minimum atomic E-state index is 0.447. The second-order valence-corrected chi connectivity index (χ2v) is 5.62. The summed E-state index contributed by atoms with van der Waals surface area (Å²) in [7, 11) is 0. The SMILES string of the molecule is NC1CC(c2cccc(C3CCNCC3)c2)C1. The Morgan fingerprint density at radius 2 is 1.65 bits per heavy atom. The first-order valence-corrected chi connectivity index (χ1v) is 6.89. The number of nitrogens with one attached hydrogen (secondary N) is 1. The monoisotopic (exact) mass is 230 g/mol. The van der Waals surface area contributed by atoms with Crippen LogP contribution in [0.1, 0.15) is 48.6 Å². The van der Waals surface area contributed by atoms with Crippen LogP contribution in [0.4, 0.5) is 0 Å². The summed E-state index contributed by atoms with van der Waals surface area (Å²) in [5.74, 6) is 1.50. The van der Waals surface area contributed by atoms with Crippen LogP contribution in [0.3, 0.4) is 0 Å². The summed E-state index contributed by atoms with van der Waals surface area (Å²) in [5.41, 5.74) is 8.94. The quantitative estimate of drug-likeness (QED) is 0.818. The second kappa shape index (κ2) is 4.79. The summed E-state index contributed by atoms with van der Waals surface area (Å²) in [6, 6.07) is 9.70. The van der Waals surface area contributed by atoms with Crippen LogP contribution >= 0.6 is 0 Å². The van der Waals surface area contributed by atoms with E-state index in [1.807, 2.05) is 0 Å². The average molecular weight is 230 g/mol. The van der Waals surface area contributed by atoms with Crippen LogP contribution in [0.5, 0.6) is 0 Å². The maximum atomic E-state index is 5.88. The van der Waals surface area contributed by atoms with Gasteiger partial charge >= 0.3 is 0 Å². The Morgan fingerprint density at radius 3 is 2.29 bits per heavy atom. The van der Waals surface area contributed by atoms with Crippen molar-refractivity contribution >= 4 is 0 Å². The molecule has 1 aromatic rings. The molecule has 1 aliphatic heterocycles. The maximum Gasteiger partial charge on any atom is 0.00504 e. The topological polar surface area (TPSA) is 38.0 Å². The van der Waals surface area contributed by atoms with E-state index in [-0.39, 0.29) is 0 Å². The molecule has 0 atom stereocenters. The van der Waals surface area contributed by atoms with Crippen LogP contribution < -0.4 is 11.1 Å². The van der Waals surface area contributed by atoms with Crippen LogP contribution in [-0.2, 0) is 0 Å². The zero-order chi connectivity index (χ0) is 11.7. The Hall–Kier alpha value is -0.860. The average Bonchev–Trinajstić information content (AvgIpc) is 2.36. The molecular formula is C15H22N2. The van der Waals surface area contributed by atoms with Gasteiger partial charge in [-0.1, -0.05) is 24.3 Å². The lowest BCUT2D eigenvalue weighted by Crippen LogP contribution is -2.34. The van der Waals surface area contributed by atoms with E-state index in [9.17, 15) is 0 Å². The fourth-order valence-electron chi connectivity index (χ4n) is 3.16. The number of piperidine rings is 1. The molecule has 2 fully saturated rings. The van der Waals surface area contributed by atoms with Gasteiger partial charge in [0.15, 0.2) is 0 Å². The zero-order valence-electron chi connectivity index (χ0n) is 10.4. The standard InChI is InChI=1S/C15H22N2/c16-15-9-14(10-15)13-3-1-2-12(8-13)11-4-6-17-7-5-11/h1-3,8,11,14-15,17H,4-7,9-10,16H2. The molecular weight excluding hydrogens is 208 g/mol. The van der Waals surface area contributed by atoms with Crippen LogP contribution in [0.15, 0.2) is 24.3 Å². The molecule has 1 heterocycles. The summed E-state index contributed by atoms with van der Waals surface area (Å²) < 4.78 is 0. The summed E-state index contributed by atoms with van der Waals surface area (Å²) in [4.78, 5) is 0. The van der Waals surface area contributed by atoms with Gasteiger partial charge in [-0.3, -0.25) is 0 Å². The Labute approximate surface area is 104 Å². The van der Waals surface area contributed by atoms with E-state index in [0.29, 0.717) is 6.04 Å². The summed E-state index contributed by atoms with van der Waals surface area (Å²) in [6.45, 7) is 2.34. The molecule has 0 radical (unpaired) electrons. The van der Waals surface area contributed by atoms with Gasteiger partial charge in [0.1, 0.15) is 0 Å². The van der Waals surface area contributed by atoms with Crippen molar-refractivity contribution in [2.24, 2.45) is 5.73 Å². The van der Waals surface area contributed by atoms with Crippen LogP contribution in [0, 0.1) is 0 Å². The third-order valence-electron chi connectivity index (χ3n) is 4.37. The molecule has 2 nitrogen and oxygen atoms in total. The fraction of sp³-hybridized carbons (Fsp3) is 0.600. The first-order valence-electron chi connectivity index (χ1n) is 6.89. The molecule has 3 N–H and O–H groups in total. The van der Waals surface area contributed by atoms with Gasteiger partial charge in [-0.25, -0.2) is 0 Å². The van der Waals surface area contributed by atoms with Crippen LogP contribution in [-0.4, -0.2) is 19.1 Å². The van der Waals surface area contributed by atoms with E-state index in [1.54, 1.807) is 5.56 Å². The number of rotatable bonds is 2. The number of benzene rings is 1. The van der Waals surface area contributed by atoms with Gasteiger partial charge < -0.3 is 11.1 Å². The molecule has 2 aliphatic rings. The van der Waals surface area contributed by atoms with Gasteiger partial charge in [0, 0.05) is 6.04 Å². The lowest BCUT2D eigenvalue weighted by molar-refractivity contribution is 0.351. The molecule has 92 valence electrons. The minimum absolute atomic E-state index is 0.447. The highest BCUT2D eigenvalue weighted by atomic mass is 14.9. The van der Waals surface area contributed by atoms with Crippen molar-refractivity contribution in [3.63, 3.8) is 0 Å². The smallest absolute Gasteiger partial charge is 0.00504 e. The molecule has 0 unspecified atom stereocenters. The van der Waals surface area contributed by atoms with Crippen molar-refractivity contribution in [3.8, 4) is 0 Å².